The molecule has 0 spiro atoms. The fraction of sp³-hybridized carbons (Fsp3) is 0.483. The molecule has 1 saturated heterocycles. The molecule has 1 heterocycles. The molecular weight excluding hydrogens is 510 g/mol. The molecular formula is C29H43N7O4. The van der Waals surface area contributed by atoms with Crippen molar-refractivity contribution < 1.29 is 19.1 Å². The van der Waals surface area contributed by atoms with E-state index in [4.69, 9.17) is 21.9 Å². The average Bonchev–Trinajstić information content (AvgIpc) is 2.99. The second kappa shape index (κ2) is 16.6. The monoisotopic (exact) mass is 553 g/mol. The summed E-state index contributed by atoms with van der Waals surface area (Å²) in [7, 11) is 0. The number of amides is 3. The summed E-state index contributed by atoms with van der Waals surface area (Å²) < 4.78 is 5.42. The third-order valence-electron chi connectivity index (χ3n) is 6.86. The van der Waals surface area contributed by atoms with Crippen molar-refractivity contribution >= 4 is 23.4 Å². The average molecular weight is 554 g/mol. The Morgan fingerprint density at radius 2 is 1.55 bits per heavy atom. The Balaban J connectivity index is 1.59. The molecule has 11 nitrogen and oxygen atoms in total. The number of nitrogens with zero attached hydrogens (tertiary/aromatic N) is 2. The Morgan fingerprint density at radius 3 is 2.17 bits per heavy atom. The molecule has 3 amide bonds. The molecule has 0 radical (unpaired) electrons. The Morgan fingerprint density at radius 1 is 0.900 bits per heavy atom. The predicted octanol–water partition coefficient (Wildman–Crippen LogP) is -0.280. The van der Waals surface area contributed by atoms with Gasteiger partial charge in [0.2, 0.25) is 17.7 Å². The van der Waals surface area contributed by atoms with Crippen LogP contribution < -0.4 is 32.7 Å². The van der Waals surface area contributed by atoms with E-state index in [-0.39, 0.29) is 31.3 Å². The minimum absolute atomic E-state index is 0.200. The molecule has 0 unspecified atom stereocenters. The number of aryl methyl sites for hydroxylation is 1. The van der Waals surface area contributed by atoms with Gasteiger partial charge in [0.15, 0.2) is 0 Å². The molecule has 11 heteroatoms. The van der Waals surface area contributed by atoms with E-state index in [0.717, 1.165) is 29.9 Å². The molecule has 2 atom stereocenters. The Bertz CT molecular complexity index is 1060. The van der Waals surface area contributed by atoms with E-state index in [0.29, 0.717) is 45.7 Å². The van der Waals surface area contributed by atoms with Crippen LogP contribution in [-0.4, -0.2) is 87.2 Å². The lowest BCUT2D eigenvalue weighted by atomic mass is 10.0. The van der Waals surface area contributed by atoms with E-state index in [1.54, 1.807) is 0 Å². The number of carbonyl (C=O) groups excluding carboxylic acids is 3. The van der Waals surface area contributed by atoms with Crippen LogP contribution in [0.4, 0.5) is 5.69 Å². The first-order valence-electron chi connectivity index (χ1n) is 13.9. The van der Waals surface area contributed by atoms with E-state index in [9.17, 15) is 14.4 Å². The molecule has 1 aliphatic heterocycles. The molecule has 40 heavy (non-hydrogen) atoms. The van der Waals surface area contributed by atoms with Gasteiger partial charge >= 0.3 is 0 Å². The van der Waals surface area contributed by atoms with Gasteiger partial charge in [-0.05, 0) is 36.1 Å². The molecule has 0 bridgehead atoms. The SMILES string of the molecule is NCCN(CCN)C(=O)C[C@H](N)C(=O)N[C@@H](CCc1ccccc1)C(=O)NCc1ccc(N2CCOCC2)cc1. The summed E-state index contributed by atoms with van der Waals surface area (Å²) in [5, 5.41) is 5.71. The van der Waals surface area contributed by atoms with Crippen LogP contribution in [0.5, 0.6) is 0 Å². The van der Waals surface area contributed by atoms with Gasteiger partial charge in [0.25, 0.3) is 0 Å². The van der Waals surface area contributed by atoms with Gasteiger partial charge in [-0.1, -0.05) is 42.5 Å². The number of benzene rings is 2. The zero-order valence-corrected chi connectivity index (χ0v) is 23.1. The number of ether oxygens (including phenoxy) is 1. The van der Waals surface area contributed by atoms with Gasteiger partial charge in [0.05, 0.1) is 25.7 Å². The summed E-state index contributed by atoms with van der Waals surface area (Å²) in [6.45, 7) is 4.68. The van der Waals surface area contributed by atoms with E-state index < -0.39 is 18.0 Å². The summed E-state index contributed by atoms with van der Waals surface area (Å²) >= 11 is 0. The van der Waals surface area contributed by atoms with Gasteiger partial charge < -0.3 is 42.4 Å². The molecule has 0 saturated carbocycles. The highest BCUT2D eigenvalue weighted by Gasteiger charge is 2.26. The molecule has 2 aromatic carbocycles. The quantitative estimate of drug-likeness (QED) is 0.201. The highest BCUT2D eigenvalue weighted by Crippen LogP contribution is 2.17. The number of morpholine rings is 1. The molecule has 8 N–H and O–H groups in total. The first kappa shape index (κ1) is 31.0. The van der Waals surface area contributed by atoms with Gasteiger partial charge in [0, 0.05) is 51.5 Å². The fourth-order valence-corrected chi connectivity index (χ4v) is 4.54. The minimum atomic E-state index is -1.11. The number of nitrogens with one attached hydrogen (secondary N) is 2. The van der Waals surface area contributed by atoms with Crippen LogP contribution in [-0.2, 0) is 32.1 Å². The van der Waals surface area contributed by atoms with Crippen molar-refractivity contribution in [1.29, 1.82) is 0 Å². The van der Waals surface area contributed by atoms with Crippen molar-refractivity contribution in [3.63, 3.8) is 0 Å². The van der Waals surface area contributed by atoms with E-state index in [1.807, 2.05) is 54.6 Å². The predicted molar refractivity (Wildman–Crippen MR) is 155 cm³/mol. The Labute approximate surface area is 236 Å². The fourth-order valence-electron chi connectivity index (χ4n) is 4.54. The van der Waals surface area contributed by atoms with Crippen LogP contribution >= 0.6 is 0 Å². The van der Waals surface area contributed by atoms with Crippen molar-refractivity contribution in [3.05, 3.63) is 65.7 Å². The molecule has 2 aromatic rings. The molecule has 1 aliphatic rings. The Kier molecular flexibility index (Phi) is 12.8. The third kappa shape index (κ3) is 9.91. The number of hydrogen-bond acceptors (Lipinski definition) is 8. The van der Waals surface area contributed by atoms with Crippen molar-refractivity contribution in [2.24, 2.45) is 17.2 Å². The number of carbonyl (C=O) groups is 3. The standard InChI is InChI=1S/C29H43N7O4/c30-12-14-36(15-13-31)27(37)20-25(32)28(38)34-26(11-8-22-4-2-1-3-5-22)29(39)33-21-23-6-9-24(10-7-23)35-16-18-40-19-17-35/h1-7,9-10,25-26H,8,11-21,30-32H2,(H,33,39)(H,34,38)/t25-,26-/m0/s1. The summed E-state index contributed by atoms with van der Waals surface area (Å²) in [5.41, 5.74) is 20.4. The van der Waals surface area contributed by atoms with Crippen molar-refractivity contribution in [3.8, 4) is 0 Å². The van der Waals surface area contributed by atoms with Crippen molar-refractivity contribution in [1.82, 2.24) is 15.5 Å². The molecule has 1 fully saturated rings. The molecule has 218 valence electrons. The topological polar surface area (TPSA) is 169 Å². The van der Waals surface area contributed by atoms with Gasteiger partial charge in [-0.15, -0.1) is 0 Å². The first-order valence-corrected chi connectivity index (χ1v) is 13.9. The molecule has 0 aromatic heterocycles. The summed E-state index contributed by atoms with van der Waals surface area (Å²) in [6.07, 6.45) is 0.765. The summed E-state index contributed by atoms with van der Waals surface area (Å²) in [6, 6.07) is 15.9. The largest absolute Gasteiger partial charge is 0.378 e. The minimum Gasteiger partial charge on any atom is -0.378 e. The normalized spacial score (nSPS) is 14.7. The zero-order chi connectivity index (χ0) is 28.7. The first-order chi connectivity index (χ1) is 19.4. The van der Waals surface area contributed by atoms with E-state index in [1.165, 1.54) is 4.90 Å². The lowest BCUT2D eigenvalue weighted by Gasteiger charge is -2.29. The van der Waals surface area contributed by atoms with Crippen molar-refractivity contribution in [2.45, 2.75) is 37.9 Å². The smallest absolute Gasteiger partial charge is 0.242 e. The molecule has 3 rings (SSSR count). The van der Waals surface area contributed by atoms with Gasteiger partial charge in [-0.25, -0.2) is 0 Å². The highest BCUT2D eigenvalue weighted by atomic mass is 16.5. The van der Waals surface area contributed by atoms with Crippen LogP contribution in [0.25, 0.3) is 0 Å². The Hall–Kier alpha value is -3.51. The maximum atomic E-state index is 13.2. The van der Waals surface area contributed by atoms with Crippen LogP contribution in [0.3, 0.4) is 0 Å². The number of nitrogens with two attached hydrogens (primary N) is 3. The van der Waals surface area contributed by atoms with E-state index in [2.05, 4.69) is 15.5 Å². The lowest BCUT2D eigenvalue weighted by Crippen LogP contribution is -2.53. The maximum Gasteiger partial charge on any atom is 0.242 e. The third-order valence-corrected chi connectivity index (χ3v) is 6.86. The van der Waals surface area contributed by atoms with Crippen LogP contribution in [0.1, 0.15) is 24.0 Å². The second-order valence-electron chi connectivity index (χ2n) is 9.84. The highest BCUT2D eigenvalue weighted by molar-refractivity contribution is 5.92. The summed E-state index contributed by atoms with van der Waals surface area (Å²) in [4.78, 5) is 42.6. The molecule has 0 aliphatic carbocycles. The van der Waals surface area contributed by atoms with E-state index >= 15 is 0 Å². The number of anilines is 1. The van der Waals surface area contributed by atoms with Gasteiger partial charge in [-0.2, -0.15) is 0 Å². The second-order valence-corrected chi connectivity index (χ2v) is 9.84. The van der Waals surface area contributed by atoms with Crippen molar-refractivity contribution in [2.75, 3.05) is 57.4 Å². The van der Waals surface area contributed by atoms with Crippen LogP contribution in [0.15, 0.2) is 54.6 Å². The number of rotatable bonds is 15. The van der Waals surface area contributed by atoms with Gasteiger partial charge in [-0.3, -0.25) is 14.4 Å². The maximum absolute atomic E-state index is 13.2. The zero-order valence-electron chi connectivity index (χ0n) is 23.1. The van der Waals surface area contributed by atoms with Crippen LogP contribution in [0.2, 0.25) is 0 Å². The number of hydrogen-bond donors (Lipinski definition) is 5. The summed E-state index contributed by atoms with van der Waals surface area (Å²) in [5.74, 6) is -1.17. The lowest BCUT2D eigenvalue weighted by molar-refractivity contribution is -0.135. The van der Waals surface area contributed by atoms with Crippen LogP contribution in [0, 0.1) is 0 Å². The van der Waals surface area contributed by atoms with Gasteiger partial charge in [0.1, 0.15) is 6.04 Å².